The number of carbonyl (C=O) groups is 3. The zero-order chi connectivity index (χ0) is 17.1. The van der Waals surface area contributed by atoms with Gasteiger partial charge in [0.25, 0.3) is 5.91 Å². The molecule has 0 spiro atoms. The Hall–Kier alpha value is -2.83. The van der Waals surface area contributed by atoms with Crippen LogP contribution in [0.2, 0.25) is 0 Å². The van der Waals surface area contributed by atoms with Crippen LogP contribution < -0.4 is 5.73 Å². The van der Waals surface area contributed by atoms with E-state index in [1.807, 2.05) is 18.2 Å². The second-order valence-electron chi connectivity index (χ2n) is 5.83. The number of hydrogen-bond acceptors (Lipinski definition) is 4. The first kappa shape index (κ1) is 16.0. The van der Waals surface area contributed by atoms with Crippen molar-refractivity contribution in [1.82, 2.24) is 9.88 Å². The van der Waals surface area contributed by atoms with Gasteiger partial charge in [0.2, 0.25) is 5.91 Å². The smallest absolute Gasteiger partial charge is 0.340 e. The number of H-pyrrole nitrogens is 1. The number of nitrogens with zero attached hydrogens (tertiary/aromatic N) is 1. The summed E-state index contributed by atoms with van der Waals surface area (Å²) in [6.07, 6.45) is 3.78. The molecule has 0 unspecified atom stereocenters. The van der Waals surface area contributed by atoms with Crippen LogP contribution in [0.1, 0.15) is 29.6 Å². The lowest BCUT2D eigenvalue weighted by Crippen LogP contribution is -2.51. The molecule has 7 heteroatoms. The van der Waals surface area contributed by atoms with Crippen molar-refractivity contribution in [3.05, 3.63) is 36.0 Å². The number of piperidine rings is 1. The molecule has 0 aliphatic carbocycles. The largest absolute Gasteiger partial charge is 0.452 e. The standard InChI is InChI=1S/C17H19N3O4/c18-16(22)14-7-3-4-8-20(14)15(21)10-24-17(23)12-9-19-13-6-2-1-5-11(12)13/h1-2,5-6,9,14,19H,3-4,7-8,10H2,(H2,18,22)/t14-/m0/s1. The molecular weight excluding hydrogens is 310 g/mol. The van der Waals surface area contributed by atoms with E-state index in [9.17, 15) is 14.4 Å². The third kappa shape index (κ3) is 3.10. The molecule has 2 aromatic rings. The minimum atomic E-state index is -0.613. The molecule has 7 nitrogen and oxygen atoms in total. The van der Waals surface area contributed by atoms with Gasteiger partial charge < -0.3 is 20.4 Å². The number of aromatic amines is 1. The van der Waals surface area contributed by atoms with Crippen molar-refractivity contribution < 1.29 is 19.1 Å². The number of primary amides is 1. The summed E-state index contributed by atoms with van der Waals surface area (Å²) in [6, 6.07) is 6.72. The van der Waals surface area contributed by atoms with Crippen LogP contribution in [0, 0.1) is 0 Å². The Morgan fingerprint density at radius 3 is 2.83 bits per heavy atom. The number of benzene rings is 1. The summed E-state index contributed by atoms with van der Waals surface area (Å²) in [5.74, 6) is -1.49. The van der Waals surface area contributed by atoms with E-state index in [1.54, 1.807) is 12.3 Å². The number of likely N-dealkylation sites (tertiary alicyclic amines) is 1. The number of nitrogens with two attached hydrogens (primary N) is 1. The van der Waals surface area contributed by atoms with Crippen molar-refractivity contribution in [3.63, 3.8) is 0 Å². The van der Waals surface area contributed by atoms with Crippen molar-refractivity contribution >= 4 is 28.7 Å². The number of carbonyl (C=O) groups excluding carboxylic acids is 3. The highest BCUT2D eigenvalue weighted by Crippen LogP contribution is 2.19. The van der Waals surface area contributed by atoms with Crippen LogP contribution in [0.4, 0.5) is 0 Å². The second-order valence-corrected chi connectivity index (χ2v) is 5.83. The number of rotatable bonds is 4. The zero-order valence-corrected chi connectivity index (χ0v) is 13.2. The molecule has 24 heavy (non-hydrogen) atoms. The van der Waals surface area contributed by atoms with Gasteiger partial charge in [-0.2, -0.15) is 0 Å². The minimum absolute atomic E-state index is 0.378. The molecule has 0 radical (unpaired) electrons. The normalized spacial score (nSPS) is 17.7. The van der Waals surface area contributed by atoms with Crippen molar-refractivity contribution in [2.45, 2.75) is 25.3 Å². The van der Waals surface area contributed by atoms with E-state index in [1.165, 1.54) is 4.90 Å². The quantitative estimate of drug-likeness (QED) is 0.822. The third-order valence-corrected chi connectivity index (χ3v) is 4.29. The molecule has 1 aliphatic heterocycles. The van der Waals surface area contributed by atoms with Crippen LogP contribution >= 0.6 is 0 Å². The van der Waals surface area contributed by atoms with Crippen molar-refractivity contribution in [3.8, 4) is 0 Å². The number of ether oxygens (including phenoxy) is 1. The Kier molecular flexibility index (Phi) is 4.50. The van der Waals surface area contributed by atoms with E-state index in [0.717, 1.165) is 23.7 Å². The third-order valence-electron chi connectivity index (χ3n) is 4.29. The second kappa shape index (κ2) is 6.74. The van der Waals surface area contributed by atoms with Gasteiger partial charge in [-0.05, 0) is 25.3 Å². The average Bonchev–Trinajstić information content (AvgIpc) is 3.03. The maximum absolute atomic E-state index is 12.3. The maximum atomic E-state index is 12.3. The Morgan fingerprint density at radius 1 is 1.25 bits per heavy atom. The van der Waals surface area contributed by atoms with Crippen LogP contribution in [-0.4, -0.2) is 46.9 Å². The summed E-state index contributed by atoms with van der Waals surface area (Å²) in [4.78, 5) is 40.4. The molecule has 126 valence electrons. The lowest BCUT2D eigenvalue weighted by Gasteiger charge is -2.33. The highest BCUT2D eigenvalue weighted by molar-refractivity contribution is 6.04. The molecule has 2 amide bonds. The van der Waals surface area contributed by atoms with Gasteiger partial charge in [-0.25, -0.2) is 4.79 Å². The summed E-state index contributed by atoms with van der Waals surface area (Å²) in [7, 11) is 0. The Labute approximate surface area is 138 Å². The van der Waals surface area contributed by atoms with Gasteiger partial charge in [-0.1, -0.05) is 18.2 Å². The lowest BCUT2D eigenvalue weighted by molar-refractivity contribution is -0.143. The fraction of sp³-hybridized carbons (Fsp3) is 0.353. The zero-order valence-electron chi connectivity index (χ0n) is 13.2. The van der Waals surface area contributed by atoms with Gasteiger partial charge in [0.05, 0.1) is 5.56 Å². The van der Waals surface area contributed by atoms with E-state index < -0.39 is 30.4 Å². The van der Waals surface area contributed by atoms with Gasteiger partial charge in [0.15, 0.2) is 6.61 Å². The van der Waals surface area contributed by atoms with Crippen LogP contribution in [0.5, 0.6) is 0 Å². The van der Waals surface area contributed by atoms with E-state index >= 15 is 0 Å². The fourth-order valence-corrected chi connectivity index (χ4v) is 3.05. The highest BCUT2D eigenvalue weighted by Gasteiger charge is 2.31. The van der Waals surface area contributed by atoms with E-state index in [0.29, 0.717) is 18.5 Å². The maximum Gasteiger partial charge on any atom is 0.340 e. The predicted octanol–water partition coefficient (Wildman–Crippen LogP) is 1.19. The Morgan fingerprint density at radius 2 is 2.04 bits per heavy atom. The summed E-state index contributed by atoms with van der Waals surface area (Å²) < 4.78 is 5.14. The number of nitrogens with one attached hydrogen (secondary N) is 1. The summed E-state index contributed by atoms with van der Waals surface area (Å²) in [5, 5.41) is 0.739. The fourth-order valence-electron chi connectivity index (χ4n) is 3.05. The number of amides is 2. The van der Waals surface area contributed by atoms with Crippen LogP contribution in [0.15, 0.2) is 30.5 Å². The summed E-state index contributed by atoms with van der Waals surface area (Å²) in [5.41, 5.74) is 6.54. The molecule has 0 bridgehead atoms. The van der Waals surface area contributed by atoms with Gasteiger partial charge >= 0.3 is 5.97 Å². The molecule has 1 saturated heterocycles. The molecule has 1 aromatic carbocycles. The number of fused-ring (bicyclic) bond motifs is 1. The van der Waals surface area contributed by atoms with E-state index in [-0.39, 0.29) is 0 Å². The van der Waals surface area contributed by atoms with Crippen LogP contribution in [0.3, 0.4) is 0 Å². The highest BCUT2D eigenvalue weighted by atomic mass is 16.5. The van der Waals surface area contributed by atoms with E-state index in [2.05, 4.69) is 4.98 Å². The number of esters is 1. The number of hydrogen-bond donors (Lipinski definition) is 2. The number of aromatic nitrogens is 1. The Bertz CT molecular complexity index is 783. The minimum Gasteiger partial charge on any atom is -0.452 e. The van der Waals surface area contributed by atoms with Gasteiger partial charge in [0.1, 0.15) is 6.04 Å². The van der Waals surface area contributed by atoms with E-state index in [4.69, 9.17) is 10.5 Å². The molecule has 2 heterocycles. The predicted molar refractivity (Wildman–Crippen MR) is 87.1 cm³/mol. The molecule has 1 fully saturated rings. The topological polar surface area (TPSA) is 105 Å². The lowest BCUT2D eigenvalue weighted by atomic mass is 10.0. The van der Waals surface area contributed by atoms with Gasteiger partial charge in [-0.3, -0.25) is 9.59 Å². The summed E-state index contributed by atoms with van der Waals surface area (Å²) in [6.45, 7) is 0.0548. The first-order chi connectivity index (χ1) is 11.6. The summed E-state index contributed by atoms with van der Waals surface area (Å²) >= 11 is 0. The van der Waals surface area contributed by atoms with Gasteiger partial charge in [-0.15, -0.1) is 0 Å². The number of para-hydroxylation sites is 1. The first-order valence-corrected chi connectivity index (χ1v) is 7.90. The SMILES string of the molecule is NC(=O)[C@@H]1CCCCN1C(=O)COC(=O)c1c[nH]c2ccccc12. The van der Waals surface area contributed by atoms with Crippen molar-refractivity contribution in [2.75, 3.05) is 13.2 Å². The Balaban J connectivity index is 1.65. The molecule has 0 saturated carbocycles. The average molecular weight is 329 g/mol. The van der Waals surface area contributed by atoms with Crippen molar-refractivity contribution in [1.29, 1.82) is 0 Å². The molecule has 3 rings (SSSR count). The molecule has 1 aliphatic rings. The molecular formula is C17H19N3O4. The molecule has 1 aromatic heterocycles. The van der Waals surface area contributed by atoms with Crippen molar-refractivity contribution in [2.24, 2.45) is 5.73 Å². The van der Waals surface area contributed by atoms with Crippen LogP contribution in [-0.2, 0) is 14.3 Å². The van der Waals surface area contributed by atoms with Crippen LogP contribution in [0.25, 0.3) is 10.9 Å². The molecule has 1 atom stereocenters. The van der Waals surface area contributed by atoms with Gasteiger partial charge in [0, 0.05) is 23.6 Å². The first-order valence-electron chi connectivity index (χ1n) is 7.90. The molecule has 3 N–H and O–H groups in total. The monoisotopic (exact) mass is 329 g/mol.